The molecule has 0 bridgehead atoms. The Balaban J connectivity index is 1.96. The van der Waals surface area contributed by atoms with E-state index in [1.165, 1.54) is 24.7 Å². The van der Waals surface area contributed by atoms with E-state index in [0.29, 0.717) is 6.54 Å². The van der Waals surface area contributed by atoms with Gasteiger partial charge in [0.2, 0.25) is 0 Å². The Bertz CT molecular complexity index is 533. The summed E-state index contributed by atoms with van der Waals surface area (Å²) in [6.45, 7) is 1.50. The fourth-order valence-corrected chi connectivity index (χ4v) is 3.09. The van der Waals surface area contributed by atoms with Gasteiger partial charge in [0.05, 0.1) is 5.75 Å². The van der Waals surface area contributed by atoms with E-state index in [-0.39, 0.29) is 11.2 Å². The average molecular weight is 282 g/mol. The summed E-state index contributed by atoms with van der Waals surface area (Å²) in [5.41, 5.74) is 8.01. The SMILES string of the molecule is CN(CCS(C)(=O)=O)CC1(c2ccc(N)cc2)CC1. The Morgan fingerprint density at radius 1 is 1.26 bits per heavy atom. The van der Waals surface area contributed by atoms with E-state index < -0.39 is 9.84 Å². The van der Waals surface area contributed by atoms with Crippen LogP contribution in [-0.4, -0.2) is 45.5 Å². The molecule has 1 fully saturated rings. The number of benzene rings is 1. The molecule has 1 aliphatic rings. The van der Waals surface area contributed by atoms with E-state index >= 15 is 0 Å². The van der Waals surface area contributed by atoms with E-state index in [9.17, 15) is 8.42 Å². The lowest BCUT2D eigenvalue weighted by Gasteiger charge is -2.24. The van der Waals surface area contributed by atoms with Crippen LogP contribution < -0.4 is 5.73 Å². The van der Waals surface area contributed by atoms with E-state index in [1.54, 1.807) is 0 Å². The van der Waals surface area contributed by atoms with Crippen LogP contribution in [-0.2, 0) is 15.3 Å². The van der Waals surface area contributed by atoms with Crippen LogP contribution in [0.1, 0.15) is 18.4 Å². The van der Waals surface area contributed by atoms with Gasteiger partial charge in [0.25, 0.3) is 0 Å². The highest BCUT2D eigenvalue weighted by molar-refractivity contribution is 7.90. The van der Waals surface area contributed by atoms with Crippen LogP contribution in [0, 0.1) is 0 Å². The predicted octanol–water partition coefficient (Wildman–Crippen LogP) is 1.28. The molecule has 0 radical (unpaired) electrons. The van der Waals surface area contributed by atoms with Gasteiger partial charge < -0.3 is 10.6 Å². The second-order valence-corrected chi connectivity index (χ2v) is 8.03. The Hall–Kier alpha value is -1.07. The standard InChI is InChI=1S/C14H22N2O2S/c1-16(9-10-19(2,17)18)11-14(7-8-14)12-3-5-13(15)6-4-12/h3-6H,7-11,15H2,1-2H3. The molecule has 0 amide bonds. The van der Waals surface area contributed by atoms with Gasteiger partial charge in [-0.3, -0.25) is 0 Å². The molecule has 1 aromatic rings. The predicted molar refractivity (Wildman–Crippen MR) is 79.0 cm³/mol. The van der Waals surface area contributed by atoms with Crippen molar-refractivity contribution in [2.45, 2.75) is 18.3 Å². The van der Waals surface area contributed by atoms with Crippen molar-refractivity contribution in [3.05, 3.63) is 29.8 Å². The molecule has 1 saturated carbocycles. The monoisotopic (exact) mass is 282 g/mol. The van der Waals surface area contributed by atoms with Gasteiger partial charge in [-0.15, -0.1) is 0 Å². The average Bonchev–Trinajstić information content (AvgIpc) is 3.07. The molecule has 0 aromatic heterocycles. The summed E-state index contributed by atoms with van der Waals surface area (Å²) < 4.78 is 22.4. The third-order valence-electron chi connectivity index (χ3n) is 3.79. The smallest absolute Gasteiger partial charge is 0.148 e. The van der Waals surface area contributed by atoms with Crippen LogP contribution in [0.5, 0.6) is 0 Å². The van der Waals surface area contributed by atoms with Crippen molar-refractivity contribution in [2.24, 2.45) is 0 Å². The molecule has 0 heterocycles. The highest BCUT2D eigenvalue weighted by atomic mass is 32.2. The number of anilines is 1. The normalized spacial score (nSPS) is 17.6. The van der Waals surface area contributed by atoms with Gasteiger partial charge in [-0.1, -0.05) is 12.1 Å². The first-order chi connectivity index (χ1) is 8.81. The lowest BCUT2D eigenvalue weighted by molar-refractivity contribution is 0.318. The molecule has 0 atom stereocenters. The molecule has 1 aromatic carbocycles. The highest BCUT2D eigenvalue weighted by Crippen LogP contribution is 2.48. The van der Waals surface area contributed by atoms with Gasteiger partial charge in [-0.25, -0.2) is 8.42 Å². The summed E-state index contributed by atoms with van der Waals surface area (Å²) in [5.74, 6) is 0.224. The first-order valence-corrected chi connectivity index (χ1v) is 8.59. The van der Waals surface area contributed by atoms with Crippen molar-refractivity contribution >= 4 is 15.5 Å². The summed E-state index contributed by atoms with van der Waals surface area (Å²) >= 11 is 0. The van der Waals surface area contributed by atoms with Gasteiger partial charge in [0.1, 0.15) is 9.84 Å². The molecule has 0 aliphatic heterocycles. The Labute approximate surface area is 115 Å². The molecule has 2 N–H and O–H groups in total. The molecule has 106 valence electrons. The molecule has 5 heteroatoms. The molecule has 0 spiro atoms. The Kier molecular flexibility index (Phi) is 3.87. The second kappa shape index (κ2) is 5.13. The quantitative estimate of drug-likeness (QED) is 0.798. The first kappa shape index (κ1) is 14.3. The van der Waals surface area contributed by atoms with Gasteiger partial charge >= 0.3 is 0 Å². The lowest BCUT2D eigenvalue weighted by Crippen LogP contribution is -2.32. The van der Waals surface area contributed by atoms with Gasteiger partial charge in [-0.05, 0) is 37.6 Å². The topological polar surface area (TPSA) is 63.4 Å². The molecule has 19 heavy (non-hydrogen) atoms. The van der Waals surface area contributed by atoms with Crippen LogP contribution in [0.2, 0.25) is 0 Å². The Morgan fingerprint density at radius 3 is 2.32 bits per heavy atom. The number of nitrogen functional groups attached to an aromatic ring is 1. The van der Waals surface area contributed by atoms with Gasteiger partial charge in [0, 0.05) is 30.4 Å². The van der Waals surface area contributed by atoms with Crippen LogP contribution in [0.25, 0.3) is 0 Å². The molecule has 0 unspecified atom stereocenters. The highest BCUT2D eigenvalue weighted by Gasteiger charge is 2.44. The summed E-state index contributed by atoms with van der Waals surface area (Å²) in [5, 5.41) is 0. The van der Waals surface area contributed by atoms with Crippen LogP contribution in [0.4, 0.5) is 5.69 Å². The summed E-state index contributed by atoms with van der Waals surface area (Å²) in [6.07, 6.45) is 3.62. The fourth-order valence-electron chi connectivity index (χ4n) is 2.44. The zero-order valence-corrected chi connectivity index (χ0v) is 12.4. The van der Waals surface area contributed by atoms with E-state index in [1.807, 2.05) is 19.2 Å². The van der Waals surface area contributed by atoms with Crippen molar-refractivity contribution < 1.29 is 8.42 Å². The number of nitrogens with two attached hydrogens (primary N) is 1. The second-order valence-electron chi connectivity index (χ2n) is 5.77. The summed E-state index contributed by atoms with van der Waals surface area (Å²) in [6, 6.07) is 8.05. The largest absolute Gasteiger partial charge is 0.399 e. The minimum Gasteiger partial charge on any atom is -0.399 e. The zero-order chi connectivity index (χ0) is 14.1. The summed E-state index contributed by atoms with van der Waals surface area (Å²) in [7, 11) is -0.894. The maximum atomic E-state index is 11.2. The maximum absolute atomic E-state index is 11.2. The lowest BCUT2D eigenvalue weighted by atomic mass is 9.95. The van der Waals surface area contributed by atoms with Crippen molar-refractivity contribution in [3.8, 4) is 0 Å². The van der Waals surface area contributed by atoms with Crippen molar-refractivity contribution in [3.63, 3.8) is 0 Å². The molecular weight excluding hydrogens is 260 g/mol. The maximum Gasteiger partial charge on any atom is 0.148 e. The number of hydrogen-bond donors (Lipinski definition) is 1. The van der Waals surface area contributed by atoms with Crippen molar-refractivity contribution in [2.75, 3.05) is 37.9 Å². The number of sulfone groups is 1. The van der Waals surface area contributed by atoms with E-state index in [0.717, 1.165) is 12.2 Å². The number of nitrogens with zero attached hydrogens (tertiary/aromatic N) is 1. The Morgan fingerprint density at radius 2 is 1.84 bits per heavy atom. The third kappa shape index (κ3) is 3.94. The minimum atomic E-state index is -2.88. The summed E-state index contributed by atoms with van der Waals surface area (Å²) in [4.78, 5) is 2.12. The molecular formula is C14H22N2O2S. The van der Waals surface area contributed by atoms with Crippen LogP contribution in [0.15, 0.2) is 24.3 Å². The van der Waals surface area contributed by atoms with E-state index in [2.05, 4.69) is 17.0 Å². The van der Waals surface area contributed by atoms with Crippen molar-refractivity contribution in [1.29, 1.82) is 0 Å². The molecule has 4 nitrogen and oxygen atoms in total. The van der Waals surface area contributed by atoms with Crippen LogP contribution >= 0.6 is 0 Å². The zero-order valence-electron chi connectivity index (χ0n) is 11.6. The fraction of sp³-hybridized carbons (Fsp3) is 0.571. The first-order valence-electron chi connectivity index (χ1n) is 6.53. The number of likely N-dealkylation sites (N-methyl/N-ethyl adjacent to an activating group) is 1. The van der Waals surface area contributed by atoms with Crippen LogP contribution in [0.3, 0.4) is 0 Å². The molecule has 1 aliphatic carbocycles. The van der Waals surface area contributed by atoms with Gasteiger partial charge in [-0.2, -0.15) is 0 Å². The van der Waals surface area contributed by atoms with E-state index in [4.69, 9.17) is 5.73 Å². The number of rotatable bonds is 6. The van der Waals surface area contributed by atoms with Gasteiger partial charge in [0.15, 0.2) is 0 Å². The molecule has 0 saturated heterocycles. The minimum absolute atomic E-state index is 0.208. The number of hydrogen-bond acceptors (Lipinski definition) is 4. The third-order valence-corrected chi connectivity index (χ3v) is 4.72. The van der Waals surface area contributed by atoms with Crippen molar-refractivity contribution in [1.82, 2.24) is 4.90 Å². The molecule has 2 rings (SSSR count).